The molecule has 3 aromatic rings. The minimum absolute atomic E-state index is 0.0951. The maximum absolute atomic E-state index is 12.3. The third-order valence-electron chi connectivity index (χ3n) is 3.57. The molecule has 1 aromatic heterocycles. The lowest BCUT2D eigenvalue weighted by molar-refractivity contribution is -0.384. The molecule has 0 saturated heterocycles. The standard InChI is InChI=1S/C18H14N2O4/c1-2-24-18(21)15-11-17(12-6-4-3-5-7-12)19-16-9-8-13(20(22)23)10-14(15)16/h3-11H,2H2,1H3. The number of fused-ring (bicyclic) bond motifs is 1. The lowest BCUT2D eigenvalue weighted by Gasteiger charge is -2.09. The number of pyridine rings is 1. The van der Waals surface area contributed by atoms with Crippen LogP contribution in [-0.2, 0) is 4.74 Å². The minimum Gasteiger partial charge on any atom is -0.462 e. The van der Waals surface area contributed by atoms with E-state index in [9.17, 15) is 14.9 Å². The first-order valence-electron chi connectivity index (χ1n) is 7.42. The number of carbonyl (C=O) groups is 1. The van der Waals surface area contributed by atoms with Gasteiger partial charge in [-0.15, -0.1) is 0 Å². The van der Waals surface area contributed by atoms with Crippen molar-refractivity contribution in [3.63, 3.8) is 0 Å². The van der Waals surface area contributed by atoms with Gasteiger partial charge in [0.1, 0.15) is 0 Å². The molecular weight excluding hydrogens is 308 g/mol. The van der Waals surface area contributed by atoms with Crippen LogP contribution in [0.15, 0.2) is 54.6 Å². The predicted octanol–water partition coefficient (Wildman–Crippen LogP) is 3.99. The van der Waals surface area contributed by atoms with Gasteiger partial charge in [0, 0.05) is 23.1 Å². The normalized spacial score (nSPS) is 10.5. The Morgan fingerprint density at radius 3 is 2.58 bits per heavy atom. The summed E-state index contributed by atoms with van der Waals surface area (Å²) in [5, 5.41) is 11.4. The van der Waals surface area contributed by atoms with Gasteiger partial charge in [0.25, 0.3) is 5.69 Å². The summed E-state index contributed by atoms with van der Waals surface area (Å²) in [5.74, 6) is -0.525. The molecule has 0 radical (unpaired) electrons. The van der Waals surface area contributed by atoms with Gasteiger partial charge in [-0.1, -0.05) is 30.3 Å². The molecule has 2 aromatic carbocycles. The number of ether oxygens (including phenoxy) is 1. The fraction of sp³-hybridized carbons (Fsp3) is 0.111. The molecule has 0 saturated carbocycles. The molecule has 0 bridgehead atoms. The van der Waals surface area contributed by atoms with Crippen LogP contribution in [0.5, 0.6) is 0 Å². The van der Waals surface area contributed by atoms with Gasteiger partial charge in [-0.2, -0.15) is 0 Å². The van der Waals surface area contributed by atoms with E-state index in [0.717, 1.165) is 5.56 Å². The molecule has 0 unspecified atom stereocenters. The van der Waals surface area contributed by atoms with Crippen LogP contribution in [-0.4, -0.2) is 22.5 Å². The van der Waals surface area contributed by atoms with Crippen molar-refractivity contribution < 1.29 is 14.5 Å². The second-order valence-electron chi connectivity index (χ2n) is 5.10. The molecule has 0 aliphatic heterocycles. The molecule has 1 heterocycles. The molecule has 6 nitrogen and oxygen atoms in total. The smallest absolute Gasteiger partial charge is 0.338 e. The summed E-state index contributed by atoms with van der Waals surface area (Å²) in [6.07, 6.45) is 0. The zero-order valence-electron chi connectivity index (χ0n) is 12.9. The highest BCUT2D eigenvalue weighted by atomic mass is 16.6. The Balaban J connectivity index is 2.26. The summed E-state index contributed by atoms with van der Waals surface area (Å²) in [6.45, 7) is 1.93. The fourth-order valence-electron chi connectivity index (χ4n) is 2.46. The van der Waals surface area contributed by atoms with Crippen molar-refractivity contribution in [1.29, 1.82) is 0 Å². The van der Waals surface area contributed by atoms with E-state index in [1.165, 1.54) is 12.1 Å². The van der Waals surface area contributed by atoms with Crippen LogP contribution in [0, 0.1) is 10.1 Å². The van der Waals surface area contributed by atoms with Crippen LogP contribution < -0.4 is 0 Å². The van der Waals surface area contributed by atoms with Gasteiger partial charge in [-0.05, 0) is 19.1 Å². The second kappa shape index (κ2) is 6.45. The molecule has 0 aliphatic carbocycles. The van der Waals surface area contributed by atoms with Crippen LogP contribution in [0.1, 0.15) is 17.3 Å². The van der Waals surface area contributed by atoms with Gasteiger partial charge >= 0.3 is 5.97 Å². The fourth-order valence-corrected chi connectivity index (χ4v) is 2.46. The van der Waals surface area contributed by atoms with Crippen molar-refractivity contribution in [3.8, 4) is 11.3 Å². The third-order valence-corrected chi connectivity index (χ3v) is 3.57. The molecule has 0 spiro atoms. The van der Waals surface area contributed by atoms with E-state index in [1.807, 2.05) is 30.3 Å². The summed E-state index contributed by atoms with van der Waals surface area (Å²) in [4.78, 5) is 27.3. The number of nitrogens with zero attached hydrogens (tertiary/aromatic N) is 2. The van der Waals surface area contributed by atoms with Gasteiger partial charge in [0.2, 0.25) is 0 Å². The van der Waals surface area contributed by atoms with Crippen LogP contribution >= 0.6 is 0 Å². The largest absolute Gasteiger partial charge is 0.462 e. The summed E-state index contributed by atoms with van der Waals surface area (Å²) in [6, 6.07) is 15.3. The first kappa shape index (κ1) is 15.6. The predicted molar refractivity (Wildman–Crippen MR) is 89.8 cm³/mol. The molecule has 0 N–H and O–H groups in total. The van der Waals surface area contributed by atoms with Crippen molar-refractivity contribution in [2.24, 2.45) is 0 Å². The number of aromatic nitrogens is 1. The number of nitro groups is 1. The summed E-state index contributed by atoms with van der Waals surface area (Å²) in [5.41, 5.74) is 2.14. The first-order chi connectivity index (χ1) is 11.6. The van der Waals surface area contributed by atoms with Crippen molar-refractivity contribution in [3.05, 3.63) is 70.3 Å². The van der Waals surface area contributed by atoms with E-state index in [4.69, 9.17) is 4.74 Å². The maximum atomic E-state index is 12.3. The number of rotatable bonds is 4. The summed E-state index contributed by atoms with van der Waals surface area (Å²) >= 11 is 0. The maximum Gasteiger partial charge on any atom is 0.338 e. The van der Waals surface area contributed by atoms with E-state index in [-0.39, 0.29) is 17.9 Å². The number of carbonyl (C=O) groups excluding carboxylic acids is 1. The Bertz CT molecular complexity index is 923. The van der Waals surface area contributed by atoms with Gasteiger partial charge < -0.3 is 4.74 Å². The number of hydrogen-bond donors (Lipinski definition) is 0. The van der Waals surface area contributed by atoms with Gasteiger partial charge in [-0.3, -0.25) is 10.1 Å². The average Bonchev–Trinajstić information content (AvgIpc) is 2.61. The monoisotopic (exact) mass is 322 g/mol. The van der Waals surface area contributed by atoms with E-state index in [0.29, 0.717) is 16.6 Å². The van der Waals surface area contributed by atoms with Gasteiger partial charge in [0.05, 0.1) is 28.3 Å². The summed E-state index contributed by atoms with van der Waals surface area (Å²) < 4.78 is 5.09. The van der Waals surface area contributed by atoms with Crippen LogP contribution in [0.4, 0.5) is 5.69 Å². The van der Waals surface area contributed by atoms with Crippen molar-refractivity contribution in [2.75, 3.05) is 6.61 Å². The number of esters is 1. The van der Waals surface area contributed by atoms with Crippen LogP contribution in [0.3, 0.4) is 0 Å². The molecule has 120 valence electrons. The van der Waals surface area contributed by atoms with E-state index < -0.39 is 10.9 Å². The zero-order chi connectivity index (χ0) is 17.1. The Labute approximate surface area is 137 Å². The molecule has 0 amide bonds. The molecule has 0 aliphatic rings. The highest BCUT2D eigenvalue weighted by Gasteiger charge is 2.17. The summed E-state index contributed by atoms with van der Waals surface area (Å²) in [7, 11) is 0. The lowest BCUT2D eigenvalue weighted by Crippen LogP contribution is -2.07. The SMILES string of the molecule is CCOC(=O)c1cc(-c2ccccc2)nc2ccc([N+](=O)[O-])cc12. The minimum atomic E-state index is -0.525. The number of nitro benzene ring substituents is 1. The Kier molecular flexibility index (Phi) is 4.20. The highest BCUT2D eigenvalue weighted by Crippen LogP contribution is 2.28. The molecular formula is C18H14N2O4. The van der Waals surface area contributed by atoms with E-state index >= 15 is 0 Å². The van der Waals surface area contributed by atoms with Gasteiger partial charge in [-0.25, -0.2) is 9.78 Å². The second-order valence-corrected chi connectivity index (χ2v) is 5.10. The lowest BCUT2D eigenvalue weighted by atomic mass is 10.0. The van der Waals surface area contributed by atoms with Crippen LogP contribution in [0.25, 0.3) is 22.2 Å². The zero-order valence-corrected chi connectivity index (χ0v) is 12.9. The van der Waals surface area contributed by atoms with Crippen LogP contribution in [0.2, 0.25) is 0 Å². The Morgan fingerprint density at radius 1 is 1.17 bits per heavy atom. The number of non-ortho nitro benzene ring substituents is 1. The van der Waals surface area contributed by atoms with E-state index in [1.54, 1.807) is 19.1 Å². The molecule has 3 rings (SSSR count). The molecule has 0 fully saturated rings. The number of benzene rings is 2. The number of hydrogen-bond acceptors (Lipinski definition) is 5. The topological polar surface area (TPSA) is 82.3 Å². The third kappa shape index (κ3) is 2.94. The highest BCUT2D eigenvalue weighted by molar-refractivity contribution is 6.05. The Hall–Kier alpha value is -3.28. The average molecular weight is 322 g/mol. The van der Waals surface area contributed by atoms with Crippen molar-refractivity contribution >= 4 is 22.6 Å². The molecule has 24 heavy (non-hydrogen) atoms. The molecule has 6 heteroatoms. The molecule has 0 atom stereocenters. The van der Waals surface area contributed by atoms with Gasteiger partial charge in [0.15, 0.2) is 0 Å². The Morgan fingerprint density at radius 2 is 1.92 bits per heavy atom. The van der Waals surface area contributed by atoms with Crippen molar-refractivity contribution in [1.82, 2.24) is 4.98 Å². The quantitative estimate of drug-likeness (QED) is 0.412. The van der Waals surface area contributed by atoms with E-state index in [2.05, 4.69) is 4.98 Å². The first-order valence-corrected chi connectivity index (χ1v) is 7.42. The van der Waals surface area contributed by atoms with Crippen molar-refractivity contribution in [2.45, 2.75) is 6.92 Å².